The second-order valence-corrected chi connectivity index (χ2v) is 10.1. The van der Waals surface area contributed by atoms with E-state index in [0.29, 0.717) is 18.5 Å². The number of ether oxygens (including phenoxy) is 3. The summed E-state index contributed by atoms with van der Waals surface area (Å²) in [5.74, 6) is -2.77. The predicted molar refractivity (Wildman–Crippen MR) is 134 cm³/mol. The Morgan fingerprint density at radius 3 is 2.39 bits per heavy atom. The van der Waals surface area contributed by atoms with E-state index in [1.807, 2.05) is 6.92 Å². The smallest absolute Gasteiger partial charge is 0.333 e. The molecule has 2 aromatic carbocycles. The lowest BCUT2D eigenvalue weighted by atomic mass is 9.91. The first-order valence-corrected chi connectivity index (χ1v) is 13.3. The van der Waals surface area contributed by atoms with E-state index in [-0.39, 0.29) is 40.5 Å². The molecule has 0 spiro atoms. The van der Waals surface area contributed by atoms with Crippen molar-refractivity contribution in [2.45, 2.75) is 30.7 Å². The summed E-state index contributed by atoms with van der Waals surface area (Å²) in [6.07, 6.45) is 0.946. The second kappa shape index (κ2) is 12.2. The molecule has 13 heteroatoms. The molecule has 1 atom stereocenters. The lowest BCUT2D eigenvalue weighted by Gasteiger charge is -2.36. The molecule has 0 saturated carbocycles. The van der Waals surface area contributed by atoms with Gasteiger partial charge in [0.2, 0.25) is 15.9 Å². The van der Waals surface area contributed by atoms with Crippen molar-refractivity contribution >= 4 is 27.8 Å². The van der Waals surface area contributed by atoms with E-state index in [1.165, 1.54) is 43.4 Å². The van der Waals surface area contributed by atoms with Crippen molar-refractivity contribution in [3.05, 3.63) is 52.8 Å². The van der Waals surface area contributed by atoms with Crippen LogP contribution in [0.1, 0.15) is 40.9 Å². The van der Waals surface area contributed by atoms with Crippen molar-refractivity contribution in [1.29, 1.82) is 0 Å². The number of benzene rings is 2. The van der Waals surface area contributed by atoms with Crippen LogP contribution in [0.15, 0.2) is 35.2 Å². The summed E-state index contributed by atoms with van der Waals surface area (Å²) in [4.78, 5) is 39.1. The van der Waals surface area contributed by atoms with E-state index in [1.54, 1.807) is 0 Å². The van der Waals surface area contributed by atoms with Gasteiger partial charge >= 0.3 is 5.97 Å². The molecule has 1 aliphatic heterocycles. The highest BCUT2D eigenvalue weighted by Gasteiger charge is 2.39. The first kappa shape index (κ1) is 28.9. The predicted octanol–water partition coefficient (Wildman–Crippen LogP) is 1.56. The van der Waals surface area contributed by atoms with Crippen LogP contribution in [0.5, 0.6) is 11.5 Å². The number of esters is 1. The summed E-state index contributed by atoms with van der Waals surface area (Å²) < 4.78 is 57.9. The molecule has 1 heterocycles. The van der Waals surface area contributed by atoms with Gasteiger partial charge in [0.25, 0.3) is 5.91 Å². The van der Waals surface area contributed by atoms with Crippen molar-refractivity contribution in [3.63, 3.8) is 0 Å². The number of carbonyl (C=O) groups is 3. The molecule has 3 rings (SSSR count). The van der Waals surface area contributed by atoms with Gasteiger partial charge in [-0.2, -0.15) is 0 Å². The zero-order valence-corrected chi connectivity index (χ0v) is 22.3. The summed E-state index contributed by atoms with van der Waals surface area (Å²) in [5.41, 5.74) is 0.755. The normalized spacial score (nSPS) is 14.9. The van der Waals surface area contributed by atoms with Gasteiger partial charge in [-0.15, -0.1) is 0 Å². The van der Waals surface area contributed by atoms with E-state index < -0.39 is 46.2 Å². The van der Waals surface area contributed by atoms with Gasteiger partial charge in [0.1, 0.15) is 10.6 Å². The molecule has 0 radical (unpaired) electrons. The first-order valence-electron chi connectivity index (χ1n) is 11.8. The highest BCUT2D eigenvalue weighted by atomic mass is 32.2. The number of fused-ring (bicyclic) bond motifs is 1. The van der Waals surface area contributed by atoms with Crippen molar-refractivity contribution in [2.24, 2.45) is 0 Å². The van der Waals surface area contributed by atoms with Gasteiger partial charge < -0.3 is 24.4 Å². The molecule has 11 nitrogen and oxygen atoms in total. The van der Waals surface area contributed by atoms with Crippen LogP contribution in [0.2, 0.25) is 0 Å². The highest BCUT2D eigenvalue weighted by molar-refractivity contribution is 7.89. The Morgan fingerprint density at radius 2 is 1.79 bits per heavy atom. The van der Waals surface area contributed by atoms with Crippen molar-refractivity contribution in [1.82, 2.24) is 14.9 Å². The number of nitrogens with zero attached hydrogens (tertiary/aromatic N) is 1. The number of methoxy groups -OCH3 is 3. The molecule has 2 N–H and O–H groups in total. The molecule has 1 aliphatic rings. The number of nitrogens with one attached hydrogen (secondary N) is 2. The van der Waals surface area contributed by atoms with Crippen LogP contribution in [0.4, 0.5) is 4.39 Å². The first-order chi connectivity index (χ1) is 18.1. The summed E-state index contributed by atoms with van der Waals surface area (Å²) in [5, 5.41) is 2.57. The molecule has 0 bridgehead atoms. The average molecular weight is 552 g/mol. The summed E-state index contributed by atoms with van der Waals surface area (Å²) in [6.45, 7) is 1.83. The fourth-order valence-electron chi connectivity index (χ4n) is 4.11. The molecule has 2 aromatic rings. The fraction of sp³-hybridized carbons (Fsp3) is 0.400. The minimum atomic E-state index is -4.27. The minimum absolute atomic E-state index is 0.00540. The second-order valence-electron chi connectivity index (χ2n) is 8.40. The third-order valence-corrected chi connectivity index (χ3v) is 7.44. The van der Waals surface area contributed by atoms with Crippen LogP contribution in [0.3, 0.4) is 0 Å². The Morgan fingerprint density at radius 1 is 1.08 bits per heavy atom. The Labute approximate surface area is 220 Å². The molecule has 0 aliphatic carbocycles. The van der Waals surface area contributed by atoms with Gasteiger partial charge in [0.15, 0.2) is 17.6 Å². The van der Waals surface area contributed by atoms with Crippen molar-refractivity contribution < 1.29 is 41.4 Å². The van der Waals surface area contributed by atoms with Crippen LogP contribution in [-0.2, 0) is 30.8 Å². The molecule has 0 saturated heterocycles. The number of halogens is 1. The van der Waals surface area contributed by atoms with Gasteiger partial charge in [-0.3, -0.25) is 9.59 Å². The van der Waals surface area contributed by atoms with Gasteiger partial charge in [0, 0.05) is 18.7 Å². The van der Waals surface area contributed by atoms with Crippen LogP contribution in [-0.4, -0.2) is 72.1 Å². The standard InChI is InChI=1S/C25H30FN3O8S/c1-5-9-27-22(30)14-28-38(33,34)21-13-17-15(12-20(21)36-3)8-10-29(23(17)25(32)37-4)24(31)16-6-7-19(35-2)18(26)11-16/h6-7,11-13,23,28H,5,8-10,14H2,1-4H3,(H,27,30). The van der Waals surface area contributed by atoms with Crippen LogP contribution in [0.25, 0.3) is 0 Å². The number of hydrogen-bond donors (Lipinski definition) is 2. The molecular weight excluding hydrogens is 521 g/mol. The van der Waals surface area contributed by atoms with E-state index in [4.69, 9.17) is 14.2 Å². The van der Waals surface area contributed by atoms with Crippen LogP contribution < -0.4 is 19.5 Å². The van der Waals surface area contributed by atoms with Gasteiger partial charge in [0.05, 0.1) is 27.9 Å². The lowest BCUT2D eigenvalue weighted by Crippen LogP contribution is -2.44. The Hall–Kier alpha value is -3.71. The molecule has 1 unspecified atom stereocenters. The maximum atomic E-state index is 14.3. The molecule has 2 amide bonds. The monoisotopic (exact) mass is 551 g/mol. The van der Waals surface area contributed by atoms with Crippen LogP contribution in [0, 0.1) is 5.82 Å². The Bertz CT molecular complexity index is 1330. The number of hydrogen-bond acceptors (Lipinski definition) is 8. The van der Waals surface area contributed by atoms with Crippen molar-refractivity contribution in [2.75, 3.05) is 41.0 Å². The largest absolute Gasteiger partial charge is 0.495 e. The van der Waals surface area contributed by atoms with E-state index in [0.717, 1.165) is 13.2 Å². The third kappa shape index (κ3) is 6.05. The zero-order chi connectivity index (χ0) is 28.0. The molecular formula is C25H30FN3O8S. The number of amides is 2. The minimum Gasteiger partial charge on any atom is -0.495 e. The van der Waals surface area contributed by atoms with Gasteiger partial charge in [-0.05, 0) is 54.3 Å². The van der Waals surface area contributed by atoms with Crippen molar-refractivity contribution in [3.8, 4) is 11.5 Å². The SMILES string of the molecule is CCCNC(=O)CNS(=O)(=O)c1cc2c(cc1OC)CCN(C(=O)c1ccc(OC)c(F)c1)C2C(=O)OC. The van der Waals surface area contributed by atoms with Crippen LogP contribution >= 0.6 is 0 Å². The summed E-state index contributed by atoms with van der Waals surface area (Å²) in [6, 6.07) is 5.07. The Balaban J connectivity index is 2.03. The molecule has 0 aromatic heterocycles. The van der Waals surface area contributed by atoms with Gasteiger partial charge in [-0.25, -0.2) is 22.3 Å². The summed E-state index contributed by atoms with van der Waals surface area (Å²) in [7, 11) is -0.540. The molecule has 38 heavy (non-hydrogen) atoms. The highest BCUT2D eigenvalue weighted by Crippen LogP contribution is 2.38. The fourth-order valence-corrected chi connectivity index (χ4v) is 5.28. The average Bonchev–Trinajstić information content (AvgIpc) is 2.92. The summed E-state index contributed by atoms with van der Waals surface area (Å²) >= 11 is 0. The van der Waals surface area contributed by atoms with E-state index >= 15 is 0 Å². The molecule has 0 fully saturated rings. The quantitative estimate of drug-likeness (QED) is 0.424. The van der Waals surface area contributed by atoms with E-state index in [2.05, 4.69) is 10.0 Å². The topological polar surface area (TPSA) is 140 Å². The Kier molecular flexibility index (Phi) is 9.28. The number of carbonyl (C=O) groups excluding carboxylic acids is 3. The van der Waals surface area contributed by atoms with Gasteiger partial charge in [-0.1, -0.05) is 6.92 Å². The number of rotatable bonds is 10. The lowest BCUT2D eigenvalue weighted by molar-refractivity contribution is -0.146. The maximum absolute atomic E-state index is 14.3. The third-order valence-electron chi connectivity index (χ3n) is 6.02. The number of sulfonamides is 1. The maximum Gasteiger partial charge on any atom is 0.333 e. The van der Waals surface area contributed by atoms with E-state index in [9.17, 15) is 27.2 Å². The zero-order valence-electron chi connectivity index (χ0n) is 21.5. The molecule has 206 valence electrons.